The van der Waals surface area contributed by atoms with Crippen LogP contribution in [-0.2, 0) is 28.6 Å². The predicted molar refractivity (Wildman–Crippen MR) is 118 cm³/mol. The van der Waals surface area contributed by atoms with Crippen LogP contribution in [0.4, 0.5) is 13.2 Å². The van der Waals surface area contributed by atoms with Gasteiger partial charge in [-0.1, -0.05) is 52.8 Å². The summed E-state index contributed by atoms with van der Waals surface area (Å²) in [4.78, 5) is 31.5. The van der Waals surface area contributed by atoms with E-state index in [1.807, 2.05) is 0 Å². The summed E-state index contributed by atoms with van der Waals surface area (Å²) >= 11 is 0. The summed E-state index contributed by atoms with van der Waals surface area (Å²) < 4.78 is 47.2. The van der Waals surface area contributed by atoms with Gasteiger partial charge in [-0.25, -0.2) is 14.4 Å². The van der Waals surface area contributed by atoms with Gasteiger partial charge in [-0.15, -0.1) is 0 Å². The van der Waals surface area contributed by atoms with E-state index in [9.17, 15) is 27.6 Å². The maximum atomic E-state index is 11.4. The minimum absolute atomic E-state index is 0.0470. The first-order valence-electron chi connectivity index (χ1n) is 10.0. The molecule has 0 atom stereocenters. The highest BCUT2D eigenvalue weighted by Crippen LogP contribution is 2.15. The molecule has 0 aromatic carbocycles. The van der Waals surface area contributed by atoms with Crippen LogP contribution >= 0.6 is 0 Å². The number of hydrogen-bond acceptors (Lipinski definition) is 6. The summed E-state index contributed by atoms with van der Waals surface area (Å²) in [7, 11) is 1.33. The molecule has 0 saturated heterocycles. The number of carbonyl (C=O) groups is 3. The van der Waals surface area contributed by atoms with Crippen LogP contribution in [0.3, 0.4) is 0 Å². The highest BCUT2D eigenvalue weighted by molar-refractivity contribution is 5.87. The number of alkyl halides is 3. The predicted octanol–water partition coefficient (Wildman–Crippen LogP) is 5.73. The molecule has 32 heavy (non-hydrogen) atoms. The van der Waals surface area contributed by atoms with Crippen molar-refractivity contribution in [3.05, 3.63) is 36.5 Å². The Bertz CT molecular complexity index is 622. The third-order valence-corrected chi connectivity index (χ3v) is 3.26. The SMILES string of the molecule is C=C(C)C(=O)OC.C=C(C)C(=O)OCC(F)(F)F.C=C(C)C(=O)OCCCCCC(C)C. The fraction of sp³-hybridized carbons (Fsp3) is 0.609. The monoisotopic (exact) mass is 466 g/mol. The Balaban J connectivity index is -0.000000417. The van der Waals surface area contributed by atoms with E-state index in [2.05, 4.69) is 43.1 Å². The van der Waals surface area contributed by atoms with E-state index in [0.717, 1.165) is 18.8 Å². The molecule has 0 spiro atoms. The van der Waals surface area contributed by atoms with Gasteiger partial charge >= 0.3 is 24.1 Å². The van der Waals surface area contributed by atoms with Crippen LogP contribution in [-0.4, -0.2) is 44.4 Å². The summed E-state index contributed by atoms with van der Waals surface area (Å²) in [6.07, 6.45) is 0.120. The largest absolute Gasteiger partial charge is 0.466 e. The van der Waals surface area contributed by atoms with Crippen molar-refractivity contribution in [2.75, 3.05) is 20.3 Å². The Hall–Kier alpha value is -2.58. The Labute approximate surface area is 189 Å². The zero-order valence-corrected chi connectivity index (χ0v) is 20.0. The number of methoxy groups -OCH3 is 1. The molecule has 0 rings (SSSR count). The fourth-order valence-electron chi connectivity index (χ4n) is 1.56. The average molecular weight is 467 g/mol. The van der Waals surface area contributed by atoms with Crippen LogP contribution < -0.4 is 0 Å². The zero-order chi connectivity index (χ0) is 25.9. The van der Waals surface area contributed by atoms with Crippen LogP contribution in [0.5, 0.6) is 0 Å². The van der Waals surface area contributed by atoms with E-state index in [-0.39, 0.29) is 17.5 Å². The zero-order valence-electron chi connectivity index (χ0n) is 20.0. The molecular weight excluding hydrogens is 429 g/mol. The molecule has 0 radical (unpaired) electrons. The highest BCUT2D eigenvalue weighted by atomic mass is 19.4. The maximum Gasteiger partial charge on any atom is 0.422 e. The van der Waals surface area contributed by atoms with Gasteiger partial charge in [-0.3, -0.25) is 0 Å². The van der Waals surface area contributed by atoms with Gasteiger partial charge < -0.3 is 14.2 Å². The fourth-order valence-corrected chi connectivity index (χ4v) is 1.56. The van der Waals surface area contributed by atoms with Crippen molar-refractivity contribution in [2.24, 2.45) is 5.92 Å². The minimum Gasteiger partial charge on any atom is -0.466 e. The second-order valence-corrected chi connectivity index (χ2v) is 7.40. The molecule has 0 unspecified atom stereocenters. The van der Waals surface area contributed by atoms with E-state index in [0.29, 0.717) is 17.8 Å². The van der Waals surface area contributed by atoms with Gasteiger partial charge in [-0.2, -0.15) is 13.2 Å². The summed E-state index contributed by atoms with van der Waals surface area (Å²) in [5.74, 6) is -0.871. The van der Waals surface area contributed by atoms with E-state index in [1.165, 1.54) is 26.9 Å². The van der Waals surface area contributed by atoms with Gasteiger partial charge in [0.15, 0.2) is 6.61 Å². The molecule has 0 bridgehead atoms. The Kier molecular flexibility index (Phi) is 20.4. The summed E-state index contributed by atoms with van der Waals surface area (Å²) in [6, 6.07) is 0. The normalized spacial score (nSPS) is 9.94. The molecule has 9 heteroatoms. The van der Waals surface area contributed by atoms with Gasteiger partial charge in [0.1, 0.15) is 0 Å². The first-order chi connectivity index (χ1) is 14.5. The molecule has 0 saturated carbocycles. The molecule has 0 aliphatic heterocycles. The Morgan fingerprint density at radius 2 is 1.22 bits per heavy atom. The van der Waals surface area contributed by atoms with Crippen LogP contribution in [0.25, 0.3) is 0 Å². The molecule has 0 heterocycles. The van der Waals surface area contributed by atoms with Crippen molar-refractivity contribution in [3.63, 3.8) is 0 Å². The van der Waals surface area contributed by atoms with Gasteiger partial charge in [0.05, 0.1) is 13.7 Å². The molecule has 0 fully saturated rings. The lowest BCUT2D eigenvalue weighted by Crippen LogP contribution is -2.20. The van der Waals surface area contributed by atoms with Crippen LogP contribution in [0, 0.1) is 5.92 Å². The van der Waals surface area contributed by atoms with Crippen molar-refractivity contribution in [1.82, 2.24) is 0 Å². The first kappa shape index (κ1) is 34.0. The molecule has 0 amide bonds. The Morgan fingerprint density at radius 3 is 1.53 bits per heavy atom. The van der Waals surface area contributed by atoms with Crippen LogP contribution in [0.2, 0.25) is 0 Å². The van der Waals surface area contributed by atoms with E-state index >= 15 is 0 Å². The van der Waals surface area contributed by atoms with Crippen molar-refractivity contribution in [1.29, 1.82) is 0 Å². The van der Waals surface area contributed by atoms with Crippen molar-refractivity contribution in [2.45, 2.75) is 66.5 Å². The lowest BCUT2D eigenvalue weighted by molar-refractivity contribution is -0.183. The molecule has 0 aromatic rings. The molecule has 6 nitrogen and oxygen atoms in total. The van der Waals surface area contributed by atoms with Crippen LogP contribution in [0.1, 0.15) is 60.3 Å². The summed E-state index contributed by atoms with van der Waals surface area (Å²) in [5.41, 5.74) is 0.865. The van der Waals surface area contributed by atoms with Gasteiger partial charge in [0.25, 0.3) is 0 Å². The molecule has 0 aliphatic carbocycles. The summed E-state index contributed by atoms with van der Waals surface area (Å²) in [6.45, 7) is 18.0. The quantitative estimate of drug-likeness (QED) is 0.177. The van der Waals surface area contributed by atoms with Crippen molar-refractivity contribution in [3.8, 4) is 0 Å². The highest BCUT2D eigenvalue weighted by Gasteiger charge is 2.29. The first-order valence-corrected chi connectivity index (χ1v) is 10.0. The lowest BCUT2D eigenvalue weighted by atomic mass is 10.1. The van der Waals surface area contributed by atoms with E-state index < -0.39 is 18.8 Å². The number of hydrogen-bond donors (Lipinski definition) is 0. The van der Waals surface area contributed by atoms with E-state index in [4.69, 9.17) is 4.74 Å². The second-order valence-electron chi connectivity index (χ2n) is 7.40. The third-order valence-electron chi connectivity index (χ3n) is 3.26. The Morgan fingerprint density at radius 1 is 0.781 bits per heavy atom. The van der Waals surface area contributed by atoms with Crippen molar-refractivity contribution >= 4 is 17.9 Å². The standard InChI is InChI=1S/C12H22O2.C6H7F3O2.C5H8O2/c1-10(2)8-6-5-7-9-14-12(13)11(3)4;1-4(2)5(10)11-3-6(7,8)9;1-4(2)5(6)7-3/h10H,3,5-9H2,1-2,4H3;1,3H2,2H3;1H2,2-3H3. The van der Waals surface area contributed by atoms with Gasteiger partial charge in [0, 0.05) is 16.7 Å². The number of esters is 3. The summed E-state index contributed by atoms with van der Waals surface area (Å²) in [5, 5.41) is 0. The number of unbranched alkanes of at least 4 members (excludes halogenated alkanes) is 2. The molecular formula is C23H37F3O6. The maximum absolute atomic E-state index is 11.4. The van der Waals surface area contributed by atoms with E-state index in [1.54, 1.807) is 13.8 Å². The average Bonchev–Trinajstić information content (AvgIpc) is 2.67. The number of rotatable bonds is 10. The second kappa shape index (κ2) is 19.1. The number of carbonyl (C=O) groups excluding carboxylic acids is 3. The topological polar surface area (TPSA) is 78.9 Å². The molecule has 186 valence electrons. The lowest BCUT2D eigenvalue weighted by Gasteiger charge is -2.06. The van der Waals surface area contributed by atoms with Gasteiger partial charge in [0.2, 0.25) is 0 Å². The molecule has 0 N–H and O–H groups in total. The smallest absolute Gasteiger partial charge is 0.422 e. The molecule has 0 aliphatic rings. The number of halogens is 3. The van der Waals surface area contributed by atoms with Gasteiger partial charge in [-0.05, 0) is 33.1 Å². The van der Waals surface area contributed by atoms with Crippen LogP contribution in [0.15, 0.2) is 36.5 Å². The third kappa shape index (κ3) is 27.4. The minimum atomic E-state index is -4.47. The number of ether oxygens (including phenoxy) is 3. The molecule has 0 aromatic heterocycles. The van der Waals surface area contributed by atoms with Crippen molar-refractivity contribution < 1.29 is 41.8 Å².